The lowest BCUT2D eigenvalue weighted by Gasteiger charge is -2.19. The van der Waals surface area contributed by atoms with Crippen LogP contribution in [0.25, 0.3) is 0 Å². The fourth-order valence-electron chi connectivity index (χ4n) is 1.61. The number of nitrogens with one attached hydrogen (secondary N) is 1. The van der Waals surface area contributed by atoms with Gasteiger partial charge in [0.05, 0.1) is 13.2 Å². The summed E-state index contributed by atoms with van der Waals surface area (Å²) < 4.78 is 6.35. The van der Waals surface area contributed by atoms with Crippen LogP contribution in [-0.2, 0) is 0 Å². The highest BCUT2D eigenvalue weighted by atomic mass is 79.9. The molecule has 0 unspecified atom stereocenters. The first kappa shape index (κ1) is 14.5. The summed E-state index contributed by atoms with van der Waals surface area (Å²) in [6, 6.07) is 6.12. The highest BCUT2D eigenvalue weighted by Crippen LogP contribution is 2.28. The summed E-state index contributed by atoms with van der Waals surface area (Å²) in [7, 11) is 1.67. The zero-order chi connectivity index (χ0) is 12.8. The second kappa shape index (κ2) is 6.99. The number of rotatable bonds is 6. The van der Waals surface area contributed by atoms with E-state index in [-0.39, 0.29) is 12.1 Å². The van der Waals surface area contributed by atoms with Crippen molar-refractivity contribution in [2.24, 2.45) is 0 Å². The SMILES string of the molecule is CC[C@H](O)CN[C@@H](C)c1ccc(Br)cc1OC. The molecule has 3 nitrogen and oxygen atoms in total. The Hall–Kier alpha value is -0.580. The van der Waals surface area contributed by atoms with E-state index < -0.39 is 0 Å². The van der Waals surface area contributed by atoms with Crippen LogP contribution in [0.2, 0.25) is 0 Å². The third-order valence-corrected chi connectivity index (χ3v) is 3.29. The molecule has 0 saturated carbocycles. The van der Waals surface area contributed by atoms with Crippen molar-refractivity contribution in [1.29, 1.82) is 0 Å². The van der Waals surface area contributed by atoms with Gasteiger partial charge in [0, 0.05) is 22.6 Å². The van der Waals surface area contributed by atoms with Crippen molar-refractivity contribution >= 4 is 15.9 Å². The molecule has 1 rings (SSSR count). The zero-order valence-electron chi connectivity index (χ0n) is 10.5. The molecule has 2 N–H and O–H groups in total. The molecule has 0 aliphatic carbocycles. The van der Waals surface area contributed by atoms with Crippen molar-refractivity contribution < 1.29 is 9.84 Å². The van der Waals surface area contributed by atoms with Crippen LogP contribution in [0.5, 0.6) is 5.75 Å². The highest BCUT2D eigenvalue weighted by molar-refractivity contribution is 9.10. The van der Waals surface area contributed by atoms with Gasteiger partial charge in [0.25, 0.3) is 0 Å². The van der Waals surface area contributed by atoms with Crippen LogP contribution in [0.1, 0.15) is 31.9 Å². The second-order valence-corrected chi connectivity index (χ2v) is 4.99. The summed E-state index contributed by atoms with van der Waals surface area (Å²) in [5.41, 5.74) is 1.10. The Bertz CT molecular complexity index is 357. The number of aliphatic hydroxyl groups is 1. The van der Waals surface area contributed by atoms with Crippen molar-refractivity contribution in [2.45, 2.75) is 32.4 Å². The molecule has 4 heteroatoms. The van der Waals surface area contributed by atoms with Crippen molar-refractivity contribution in [3.63, 3.8) is 0 Å². The van der Waals surface area contributed by atoms with Gasteiger partial charge in [-0.1, -0.05) is 28.9 Å². The quantitative estimate of drug-likeness (QED) is 0.849. The molecule has 0 saturated heterocycles. The summed E-state index contributed by atoms with van der Waals surface area (Å²) in [6.07, 6.45) is 0.468. The van der Waals surface area contributed by atoms with Gasteiger partial charge in [0.1, 0.15) is 5.75 Å². The van der Waals surface area contributed by atoms with Gasteiger partial charge < -0.3 is 15.2 Å². The van der Waals surface area contributed by atoms with Crippen LogP contribution in [0, 0.1) is 0 Å². The minimum atomic E-state index is -0.293. The molecule has 0 radical (unpaired) electrons. The van der Waals surface area contributed by atoms with Gasteiger partial charge in [-0.25, -0.2) is 0 Å². The molecule has 0 spiro atoms. The second-order valence-electron chi connectivity index (χ2n) is 4.08. The number of methoxy groups -OCH3 is 1. The average molecular weight is 302 g/mol. The fraction of sp³-hybridized carbons (Fsp3) is 0.538. The molecular weight excluding hydrogens is 282 g/mol. The van der Waals surface area contributed by atoms with E-state index in [0.29, 0.717) is 6.54 Å². The molecular formula is C13H20BrNO2. The molecule has 0 amide bonds. The molecule has 0 aromatic heterocycles. The van der Waals surface area contributed by atoms with E-state index in [9.17, 15) is 5.11 Å². The van der Waals surface area contributed by atoms with Gasteiger partial charge in [-0.15, -0.1) is 0 Å². The van der Waals surface area contributed by atoms with Gasteiger partial charge in [-0.05, 0) is 25.5 Å². The van der Waals surface area contributed by atoms with Crippen molar-refractivity contribution in [3.05, 3.63) is 28.2 Å². The largest absolute Gasteiger partial charge is 0.496 e. The van der Waals surface area contributed by atoms with Crippen LogP contribution >= 0.6 is 15.9 Å². The Balaban J connectivity index is 2.71. The molecule has 1 aromatic rings. The van der Waals surface area contributed by atoms with Crippen molar-refractivity contribution in [3.8, 4) is 5.75 Å². The Morgan fingerprint density at radius 2 is 2.18 bits per heavy atom. The standard InChI is InChI=1S/C13H20BrNO2/c1-4-11(16)8-15-9(2)12-6-5-10(14)7-13(12)17-3/h5-7,9,11,15-16H,4,8H2,1-3H3/t9-,11-/m0/s1. The van der Waals surface area contributed by atoms with E-state index >= 15 is 0 Å². The van der Waals surface area contributed by atoms with Gasteiger partial charge >= 0.3 is 0 Å². The van der Waals surface area contributed by atoms with Crippen LogP contribution in [0.4, 0.5) is 0 Å². The average Bonchev–Trinajstić information content (AvgIpc) is 2.35. The van der Waals surface area contributed by atoms with E-state index in [4.69, 9.17) is 4.74 Å². The number of benzene rings is 1. The van der Waals surface area contributed by atoms with Crippen molar-refractivity contribution in [2.75, 3.05) is 13.7 Å². The first-order chi connectivity index (χ1) is 8.08. The van der Waals surface area contributed by atoms with Crippen LogP contribution in [-0.4, -0.2) is 24.9 Å². The normalized spacial score (nSPS) is 14.4. The molecule has 1 aromatic carbocycles. The molecule has 0 aliphatic rings. The first-order valence-electron chi connectivity index (χ1n) is 5.83. The molecule has 17 heavy (non-hydrogen) atoms. The lowest BCUT2D eigenvalue weighted by Crippen LogP contribution is -2.28. The molecule has 0 aliphatic heterocycles. The maximum Gasteiger partial charge on any atom is 0.124 e. The third kappa shape index (κ3) is 4.30. The number of halogens is 1. The molecule has 2 atom stereocenters. The Kier molecular flexibility index (Phi) is 5.95. The number of aliphatic hydroxyl groups excluding tert-OH is 1. The maximum atomic E-state index is 9.52. The van der Waals surface area contributed by atoms with Crippen LogP contribution < -0.4 is 10.1 Å². The van der Waals surface area contributed by atoms with Crippen LogP contribution in [0.3, 0.4) is 0 Å². The molecule has 0 heterocycles. The summed E-state index contributed by atoms with van der Waals surface area (Å²) >= 11 is 3.42. The molecule has 96 valence electrons. The molecule has 0 bridgehead atoms. The maximum absolute atomic E-state index is 9.52. The topological polar surface area (TPSA) is 41.5 Å². The van der Waals surface area contributed by atoms with Gasteiger partial charge in [0.15, 0.2) is 0 Å². The predicted octanol–water partition coefficient (Wildman–Crippen LogP) is 2.88. The first-order valence-corrected chi connectivity index (χ1v) is 6.62. The Morgan fingerprint density at radius 3 is 2.76 bits per heavy atom. The summed E-state index contributed by atoms with van der Waals surface area (Å²) in [5, 5.41) is 12.8. The van der Waals surface area contributed by atoms with E-state index in [0.717, 1.165) is 22.2 Å². The van der Waals surface area contributed by atoms with Crippen molar-refractivity contribution in [1.82, 2.24) is 5.32 Å². The van der Waals surface area contributed by atoms with Gasteiger partial charge in [-0.2, -0.15) is 0 Å². The van der Waals surface area contributed by atoms with E-state index in [2.05, 4.69) is 28.2 Å². The lowest BCUT2D eigenvalue weighted by molar-refractivity contribution is 0.163. The van der Waals surface area contributed by atoms with E-state index in [1.807, 2.05) is 25.1 Å². The summed E-state index contributed by atoms with van der Waals surface area (Å²) in [6.45, 7) is 4.63. The monoisotopic (exact) mass is 301 g/mol. The minimum absolute atomic E-state index is 0.152. The Labute approximate surface area is 111 Å². The van der Waals surface area contributed by atoms with Gasteiger partial charge in [-0.3, -0.25) is 0 Å². The smallest absolute Gasteiger partial charge is 0.124 e. The lowest BCUT2D eigenvalue weighted by atomic mass is 10.1. The van der Waals surface area contributed by atoms with E-state index in [1.54, 1.807) is 7.11 Å². The highest BCUT2D eigenvalue weighted by Gasteiger charge is 2.12. The van der Waals surface area contributed by atoms with E-state index in [1.165, 1.54) is 0 Å². The van der Waals surface area contributed by atoms with Gasteiger partial charge in [0.2, 0.25) is 0 Å². The summed E-state index contributed by atoms with van der Waals surface area (Å²) in [5.74, 6) is 0.852. The number of hydrogen-bond donors (Lipinski definition) is 2. The Morgan fingerprint density at radius 1 is 1.47 bits per heavy atom. The zero-order valence-corrected chi connectivity index (χ0v) is 12.1. The van der Waals surface area contributed by atoms with Crippen LogP contribution in [0.15, 0.2) is 22.7 Å². The summed E-state index contributed by atoms with van der Waals surface area (Å²) in [4.78, 5) is 0. The predicted molar refractivity (Wildman–Crippen MR) is 73.4 cm³/mol. The minimum Gasteiger partial charge on any atom is -0.496 e. The number of hydrogen-bond acceptors (Lipinski definition) is 3. The molecule has 0 fully saturated rings. The number of ether oxygens (including phenoxy) is 1. The third-order valence-electron chi connectivity index (χ3n) is 2.79. The fourth-order valence-corrected chi connectivity index (χ4v) is 1.95.